The molecule has 1 heterocycles. The third kappa shape index (κ3) is 7.73. The Morgan fingerprint density at radius 3 is 2.54 bits per heavy atom. The molecular formula is C25H28F5N3O4. The minimum Gasteiger partial charge on any atom is -0.478 e. The molecule has 0 radical (unpaired) electrons. The number of halogens is 5. The Labute approximate surface area is 210 Å². The van der Waals surface area contributed by atoms with Crippen molar-refractivity contribution in [3.8, 4) is 11.6 Å². The van der Waals surface area contributed by atoms with Crippen LogP contribution in [0.1, 0.15) is 49.7 Å². The van der Waals surface area contributed by atoms with E-state index in [1.165, 1.54) is 26.3 Å². The molecule has 2 atom stereocenters. The molecule has 0 amide bonds. The van der Waals surface area contributed by atoms with Gasteiger partial charge in [-0.05, 0) is 44.0 Å². The Balaban J connectivity index is 2.35. The number of nitrogens with zero attached hydrogens (tertiary/aromatic N) is 2. The van der Waals surface area contributed by atoms with Crippen LogP contribution in [0.3, 0.4) is 0 Å². The second kappa shape index (κ2) is 12.6. The lowest BCUT2D eigenvalue weighted by atomic mass is 10.1. The summed E-state index contributed by atoms with van der Waals surface area (Å²) in [5.74, 6) is -1.51. The number of benzene rings is 1. The van der Waals surface area contributed by atoms with Crippen LogP contribution in [0.25, 0.3) is 0 Å². The number of hydrogen-bond acceptors (Lipinski definition) is 5. The average Bonchev–Trinajstić information content (AvgIpc) is 3.15. The van der Waals surface area contributed by atoms with E-state index in [2.05, 4.69) is 17.0 Å². The quantitative estimate of drug-likeness (QED) is 0.145. The first-order valence-corrected chi connectivity index (χ1v) is 11.0. The molecule has 202 valence electrons. The molecule has 1 aromatic carbocycles. The number of aryl methyl sites for hydroxylation is 1. The minimum absolute atomic E-state index is 0.151. The van der Waals surface area contributed by atoms with Crippen molar-refractivity contribution < 1.29 is 41.3 Å². The molecule has 37 heavy (non-hydrogen) atoms. The van der Waals surface area contributed by atoms with E-state index in [-0.39, 0.29) is 29.2 Å². The fourth-order valence-electron chi connectivity index (χ4n) is 3.33. The van der Waals surface area contributed by atoms with Gasteiger partial charge in [0.15, 0.2) is 0 Å². The lowest BCUT2D eigenvalue weighted by Gasteiger charge is -2.24. The van der Waals surface area contributed by atoms with Crippen molar-refractivity contribution in [1.29, 1.82) is 0 Å². The predicted molar refractivity (Wildman–Crippen MR) is 126 cm³/mol. The summed E-state index contributed by atoms with van der Waals surface area (Å²) in [6.07, 6.45) is -4.05. The highest BCUT2D eigenvalue weighted by Gasteiger charge is 2.33. The molecule has 0 spiro atoms. The number of aromatic nitrogens is 2. The van der Waals surface area contributed by atoms with Gasteiger partial charge in [-0.3, -0.25) is 5.32 Å². The van der Waals surface area contributed by atoms with Crippen molar-refractivity contribution in [2.45, 2.75) is 45.1 Å². The number of alkyl halides is 5. The van der Waals surface area contributed by atoms with Crippen LogP contribution in [-0.4, -0.2) is 34.0 Å². The summed E-state index contributed by atoms with van der Waals surface area (Å²) in [6, 6.07) is 3.45. The summed E-state index contributed by atoms with van der Waals surface area (Å²) < 4.78 is 79.1. The van der Waals surface area contributed by atoms with Gasteiger partial charge < -0.3 is 14.6 Å². The first-order chi connectivity index (χ1) is 17.3. The van der Waals surface area contributed by atoms with Crippen LogP contribution in [0, 0.1) is 0 Å². The van der Waals surface area contributed by atoms with Crippen molar-refractivity contribution in [2.75, 3.05) is 7.11 Å². The molecule has 0 bridgehead atoms. The molecule has 0 saturated carbocycles. The summed E-state index contributed by atoms with van der Waals surface area (Å²) >= 11 is 0. The summed E-state index contributed by atoms with van der Waals surface area (Å²) in [5.41, 5.74) is -1.15. The van der Waals surface area contributed by atoms with E-state index in [4.69, 9.17) is 14.6 Å². The van der Waals surface area contributed by atoms with E-state index in [1.807, 2.05) is 0 Å². The maximum Gasteiger partial charge on any atom is 0.416 e. The third-order valence-electron chi connectivity index (χ3n) is 5.39. The lowest BCUT2D eigenvalue weighted by molar-refractivity contribution is -0.137. The second-order valence-electron chi connectivity index (χ2n) is 7.96. The van der Waals surface area contributed by atoms with Crippen molar-refractivity contribution in [2.24, 2.45) is 7.05 Å². The Hall–Kier alpha value is -3.51. The van der Waals surface area contributed by atoms with Crippen LogP contribution in [0.5, 0.6) is 11.6 Å². The van der Waals surface area contributed by atoms with Crippen molar-refractivity contribution in [3.05, 3.63) is 77.0 Å². The van der Waals surface area contributed by atoms with E-state index in [1.54, 1.807) is 26.0 Å². The lowest BCUT2D eigenvalue weighted by Crippen LogP contribution is -2.33. The molecule has 7 nitrogen and oxygen atoms in total. The van der Waals surface area contributed by atoms with Gasteiger partial charge in [0.2, 0.25) is 5.88 Å². The minimum atomic E-state index is -4.62. The normalized spacial score (nSPS) is 14.3. The van der Waals surface area contributed by atoms with Gasteiger partial charge in [0, 0.05) is 25.8 Å². The van der Waals surface area contributed by atoms with E-state index in [0.29, 0.717) is 5.57 Å². The second-order valence-corrected chi connectivity index (χ2v) is 7.96. The van der Waals surface area contributed by atoms with Gasteiger partial charge in [0.1, 0.15) is 17.7 Å². The average molecular weight is 530 g/mol. The van der Waals surface area contributed by atoms with Gasteiger partial charge in [0.05, 0.1) is 11.1 Å². The number of carboxylic acid groups (broad SMARTS) is 1. The summed E-state index contributed by atoms with van der Waals surface area (Å²) in [5, 5.41) is 15.9. The Morgan fingerprint density at radius 2 is 2.00 bits per heavy atom. The Kier molecular flexibility index (Phi) is 10.2. The number of hydrogen-bond donors (Lipinski definition) is 2. The predicted octanol–water partition coefficient (Wildman–Crippen LogP) is 6.33. The number of methoxy groups -OCH3 is 1. The highest BCUT2D eigenvalue weighted by molar-refractivity contribution is 5.86. The number of carbonyl (C=O) groups is 1. The fourth-order valence-corrected chi connectivity index (χ4v) is 3.33. The number of carboxylic acids is 1. The molecule has 0 saturated heterocycles. The molecule has 0 aliphatic heterocycles. The summed E-state index contributed by atoms with van der Waals surface area (Å²) in [6.45, 7) is 7.19. The number of nitrogens with one attached hydrogen (secondary N) is 1. The van der Waals surface area contributed by atoms with Gasteiger partial charge >= 0.3 is 12.1 Å². The molecule has 0 aliphatic rings. The van der Waals surface area contributed by atoms with Crippen LogP contribution in [0.2, 0.25) is 0 Å². The zero-order valence-corrected chi connectivity index (χ0v) is 20.6. The van der Waals surface area contributed by atoms with Crippen LogP contribution in [-0.2, 0) is 22.8 Å². The SMILES string of the molecule is C=C(/C=C\C/C(=C\C)C(=O)O)[C@H](C)NC(OC)c1c(C(F)F)nn(C)c1Oc1cccc(C(F)(F)F)c1. The van der Waals surface area contributed by atoms with E-state index in [9.17, 15) is 26.7 Å². The maximum absolute atomic E-state index is 13.9. The monoisotopic (exact) mass is 529 g/mol. The number of allylic oxidation sites excluding steroid dienone is 2. The van der Waals surface area contributed by atoms with Crippen molar-refractivity contribution in [1.82, 2.24) is 15.1 Å². The number of rotatable bonds is 12. The highest BCUT2D eigenvalue weighted by Crippen LogP contribution is 2.38. The van der Waals surface area contributed by atoms with Crippen LogP contribution in [0.15, 0.2) is 60.2 Å². The van der Waals surface area contributed by atoms with E-state index in [0.717, 1.165) is 22.9 Å². The molecule has 0 aliphatic carbocycles. The van der Waals surface area contributed by atoms with Crippen molar-refractivity contribution >= 4 is 5.97 Å². The Bertz CT molecular complexity index is 1170. The van der Waals surface area contributed by atoms with Gasteiger partial charge in [-0.25, -0.2) is 18.3 Å². The first kappa shape index (κ1) is 29.7. The number of ether oxygens (including phenoxy) is 2. The van der Waals surface area contributed by atoms with Crippen molar-refractivity contribution in [3.63, 3.8) is 0 Å². The summed E-state index contributed by atoms with van der Waals surface area (Å²) in [7, 11) is 2.57. The highest BCUT2D eigenvalue weighted by atomic mass is 19.4. The zero-order chi connectivity index (χ0) is 27.9. The Morgan fingerprint density at radius 1 is 1.32 bits per heavy atom. The topological polar surface area (TPSA) is 85.6 Å². The maximum atomic E-state index is 13.9. The molecule has 2 aromatic rings. The van der Waals surface area contributed by atoms with Gasteiger partial charge in [0.25, 0.3) is 6.43 Å². The van der Waals surface area contributed by atoms with Gasteiger partial charge in [-0.15, -0.1) is 0 Å². The van der Waals surface area contributed by atoms with Crippen LogP contribution in [0.4, 0.5) is 22.0 Å². The van der Waals surface area contributed by atoms with Gasteiger partial charge in [-0.2, -0.15) is 18.3 Å². The largest absolute Gasteiger partial charge is 0.478 e. The molecule has 1 aromatic heterocycles. The van der Waals surface area contributed by atoms with Gasteiger partial charge in [-0.1, -0.05) is 30.9 Å². The molecular weight excluding hydrogens is 501 g/mol. The molecule has 2 rings (SSSR count). The third-order valence-corrected chi connectivity index (χ3v) is 5.39. The molecule has 1 unspecified atom stereocenters. The number of aliphatic carboxylic acids is 1. The van der Waals surface area contributed by atoms with E-state index >= 15 is 0 Å². The molecule has 12 heteroatoms. The van der Waals surface area contributed by atoms with E-state index < -0.39 is 42.1 Å². The van der Waals surface area contributed by atoms with Crippen LogP contribution >= 0.6 is 0 Å². The first-order valence-electron chi connectivity index (χ1n) is 11.0. The smallest absolute Gasteiger partial charge is 0.416 e. The molecule has 2 N–H and O–H groups in total. The fraction of sp³-hybridized carbons (Fsp3) is 0.360. The standard InChI is InChI=1S/C25H28F5N3O4/c1-6-16(24(34)35)10-7-9-14(2)15(3)31-22(36-5)19-20(21(26)27)32-33(4)23(19)37-18-12-8-11-17(13-18)25(28,29)30/h6-9,11-13,15,21-22,31H,2,10H2,1,3-5H3,(H,34,35)/b9-7-,16-6+/t15-,22?/m0/s1. The molecule has 0 fully saturated rings. The zero-order valence-electron chi connectivity index (χ0n) is 20.6. The van der Waals surface area contributed by atoms with Crippen LogP contribution < -0.4 is 10.1 Å². The summed E-state index contributed by atoms with van der Waals surface area (Å²) in [4.78, 5) is 11.1.